The molecule has 3 rings (SSSR count). The number of aromatic nitrogens is 1. The van der Waals surface area contributed by atoms with E-state index < -0.39 is 17.3 Å². The summed E-state index contributed by atoms with van der Waals surface area (Å²) in [6.07, 6.45) is -0.752. The van der Waals surface area contributed by atoms with Crippen LogP contribution in [0, 0.1) is 0 Å². The second kappa shape index (κ2) is 13.4. The molecule has 8 nitrogen and oxygen atoms in total. The highest BCUT2D eigenvalue weighted by molar-refractivity contribution is 9.10. The Hall–Kier alpha value is -1.63. The van der Waals surface area contributed by atoms with Crippen LogP contribution in [0.2, 0.25) is 0 Å². The Bertz CT molecular complexity index is 870. The Morgan fingerprint density at radius 2 is 1.76 bits per heavy atom. The molecule has 0 spiro atoms. The zero-order valence-electron chi connectivity index (χ0n) is 21.7. The topological polar surface area (TPSA) is 73.4 Å². The maximum atomic E-state index is 13.3. The predicted octanol–water partition coefficient (Wildman–Crippen LogP) is 5.14. The fourth-order valence-electron chi connectivity index (χ4n) is 4.05. The summed E-state index contributed by atoms with van der Waals surface area (Å²) in [6.45, 7) is 10.9. The van der Waals surface area contributed by atoms with Crippen molar-refractivity contribution in [2.75, 3.05) is 52.5 Å². The molecular weight excluding hydrogens is 559 g/mol. The zero-order chi connectivity index (χ0) is 27.1. The van der Waals surface area contributed by atoms with Gasteiger partial charge >= 0.3 is 12.3 Å². The number of halogens is 4. The second-order valence-corrected chi connectivity index (χ2v) is 11.3. The highest BCUT2D eigenvalue weighted by Gasteiger charge is 2.37. The lowest BCUT2D eigenvalue weighted by Crippen LogP contribution is -2.56. The van der Waals surface area contributed by atoms with Crippen LogP contribution in [0.25, 0.3) is 0 Å². The van der Waals surface area contributed by atoms with Crippen LogP contribution < -0.4 is 4.74 Å². The largest absolute Gasteiger partial charge is 0.474 e. The summed E-state index contributed by atoms with van der Waals surface area (Å²) in [4.78, 5) is 19.7. The molecule has 2 aliphatic heterocycles. The number of pyridine rings is 1. The number of amides is 1. The van der Waals surface area contributed by atoms with Gasteiger partial charge in [0.1, 0.15) is 17.3 Å². The minimum atomic E-state index is -4.51. The van der Waals surface area contributed by atoms with Crippen LogP contribution in [-0.4, -0.2) is 91.2 Å². The van der Waals surface area contributed by atoms with Gasteiger partial charge in [0, 0.05) is 50.1 Å². The van der Waals surface area contributed by atoms with Gasteiger partial charge in [0.2, 0.25) is 5.88 Å². The number of alkyl halides is 3. The predicted molar refractivity (Wildman–Crippen MR) is 135 cm³/mol. The van der Waals surface area contributed by atoms with E-state index in [0.717, 1.165) is 38.5 Å². The summed E-state index contributed by atoms with van der Waals surface area (Å²) in [5.74, 6) is -0.357. The maximum absolute atomic E-state index is 13.3. The Labute approximate surface area is 224 Å². The number of carbonyl (C=O) groups excluding carboxylic acids is 1. The Morgan fingerprint density at radius 1 is 1.08 bits per heavy atom. The van der Waals surface area contributed by atoms with E-state index in [0.29, 0.717) is 45.8 Å². The van der Waals surface area contributed by atoms with Gasteiger partial charge in [-0.3, -0.25) is 0 Å². The van der Waals surface area contributed by atoms with Gasteiger partial charge in [-0.1, -0.05) is 0 Å². The summed E-state index contributed by atoms with van der Waals surface area (Å²) in [6, 6.07) is 0.997. The third kappa shape index (κ3) is 10.2. The summed E-state index contributed by atoms with van der Waals surface area (Å²) < 4.78 is 62.5. The lowest BCUT2D eigenvalue weighted by molar-refractivity contribution is -0.139. The summed E-state index contributed by atoms with van der Waals surface area (Å²) in [5.41, 5.74) is -1.35. The van der Waals surface area contributed by atoms with Crippen molar-refractivity contribution in [3.8, 4) is 5.88 Å². The van der Waals surface area contributed by atoms with Gasteiger partial charge in [0.15, 0.2) is 0 Å². The first-order chi connectivity index (χ1) is 17.4. The fourth-order valence-corrected chi connectivity index (χ4v) is 4.39. The molecule has 0 aromatic carbocycles. The molecule has 1 amide bonds. The van der Waals surface area contributed by atoms with Crippen LogP contribution in [0.1, 0.15) is 52.0 Å². The van der Waals surface area contributed by atoms with Crippen LogP contribution in [0.4, 0.5) is 18.0 Å². The molecule has 0 saturated carbocycles. The SMILES string of the molecule is CC(C)(C)OC(=O)N1CC(OCCCOCCCN2CCC(Oc3ncc(Br)cc3C(F)(F)F)CC2)C1. The van der Waals surface area contributed by atoms with E-state index in [4.69, 9.17) is 18.9 Å². The highest BCUT2D eigenvalue weighted by Crippen LogP contribution is 2.37. The molecule has 2 saturated heterocycles. The molecule has 12 heteroatoms. The standard InChI is InChI=1S/C25H37BrF3N3O5/c1-24(2,3)37-23(33)32-16-20(17-32)35-13-5-12-34-11-4-8-31-9-6-19(7-10-31)36-22-21(25(27,28)29)14-18(26)15-30-22/h14-15,19-20H,4-13,16-17H2,1-3H3. The van der Waals surface area contributed by atoms with Crippen LogP contribution in [0.5, 0.6) is 5.88 Å². The lowest BCUT2D eigenvalue weighted by Gasteiger charge is -2.39. The summed E-state index contributed by atoms with van der Waals surface area (Å²) in [7, 11) is 0. The van der Waals surface area contributed by atoms with E-state index in [1.165, 1.54) is 6.20 Å². The van der Waals surface area contributed by atoms with E-state index in [2.05, 4.69) is 25.8 Å². The third-order valence-electron chi connectivity index (χ3n) is 5.99. The van der Waals surface area contributed by atoms with Crippen molar-refractivity contribution in [2.24, 2.45) is 0 Å². The molecule has 37 heavy (non-hydrogen) atoms. The molecule has 1 aromatic heterocycles. The normalized spacial score (nSPS) is 18.1. The zero-order valence-corrected chi connectivity index (χ0v) is 23.3. The van der Waals surface area contributed by atoms with Gasteiger partial charge in [-0.05, 0) is 68.5 Å². The van der Waals surface area contributed by atoms with Crippen LogP contribution in [-0.2, 0) is 20.4 Å². The first-order valence-corrected chi connectivity index (χ1v) is 13.5. The minimum absolute atomic E-state index is 0.0546. The van der Waals surface area contributed by atoms with E-state index in [-0.39, 0.29) is 28.7 Å². The molecule has 1 aromatic rings. The number of piperidine rings is 1. The fraction of sp³-hybridized carbons (Fsp3) is 0.760. The number of nitrogens with zero attached hydrogens (tertiary/aromatic N) is 3. The van der Waals surface area contributed by atoms with Crippen molar-refractivity contribution in [1.29, 1.82) is 0 Å². The van der Waals surface area contributed by atoms with Crippen molar-refractivity contribution >= 4 is 22.0 Å². The van der Waals surface area contributed by atoms with E-state index in [1.54, 1.807) is 4.90 Å². The van der Waals surface area contributed by atoms with Crippen LogP contribution in [0.15, 0.2) is 16.7 Å². The van der Waals surface area contributed by atoms with E-state index >= 15 is 0 Å². The molecule has 0 bridgehead atoms. The van der Waals surface area contributed by atoms with Gasteiger partial charge in [0.05, 0.1) is 19.2 Å². The van der Waals surface area contributed by atoms with Gasteiger partial charge in [-0.2, -0.15) is 13.2 Å². The van der Waals surface area contributed by atoms with Crippen molar-refractivity contribution in [2.45, 2.75) is 70.4 Å². The molecule has 2 aliphatic rings. The van der Waals surface area contributed by atoms with Gasteiger partial charge in [-0.15, -0.1) is 0 Å². The molecule has 2 fully saturated rings. The average molecular weight is 596 g/mol. The van der Waals surface area contributed by atoms with Crippen molar-refractivity contribution < 1.29 is 36.9 Å². The quantitative estimate of drug-likeness (QED) is 0.328. The van der Waals surface area contributed by atoms with Gasteiger partial charge < -0.3 is 28.7 Å². The van der Waals surface area contributed by atoms with Crippen molar-refractivity contribution in [3.63, 3.8) is 0 Å². The summed E-state index contributed by atoms with van der Waals surface area (Å²) >= 11 is 3.04. The Kier molecular flexibility index (Phi) is 10.9. The second-order valence-electron chi connectivity index (χ2n) is 10.4. The first-order valence-electron chi connectivity index (χ1n) is 12.7. The van der Waals surface area contributed by atoms with Gasteiger partial charge in [-0.25, -0.2) is 9.78 Å². The number of likely N-dealkylation sites (tertiary alicyclic amines) is 2. The number of hydrogen-bond acceptors (Lipinski definition) is 7. The number of hydrogen-bond donors (Lipinski definition) is 0. The van der Waals surface area contributed by atoms with Crippen LogP contribution >= 0.6 is 15.9 Å². The number of rotatable bonds is 11. The first kappa shape index (κ1) is 29.9. The van der Waals surface area contributed by atoms with Crippen LogP contribution in [0.3, 0.4) is 0 Å². The molecule has 0 N–H and O–H groups in total. The number of ether oxygens (including phenoxy) is 4. The Morgan fingerprint density at radius 3 is 2.41 bits per heavy atom. The monoisotopic (exact) mass is 595 g/mol. The maximum Gasteiger partial charge on any atom is 0.421 e. The molecule has 0 radical (unpaired) electrons. The molecule has 0 aliphatic carbocycles. The molecule has 3 heterocycles. The van der Waals surface area contributed by atoms with E-state index in [1.807, 2.05) is 20.8 Å². The van der Waals surface area contributed by atoms with E-state index in [9.17, 15) is 18.0 Å². The third-order valence-corrected chi connectivity index (χ3v) is 6.42. The molecule has 0 atom stereocenters. The highest BCUT2D eigenvalue weighted by atomic mass is 79.9. The lowest BCUT2D eigenvalue weighted by atomic mass is 10.1. The van der Waals surface area contributed by atoms with Gasteiger partial charge in [0.25, 0.3) is 0 Å². The molecular formula is C25H37BrF3N3O5. The Balaban J connectivity index is 1.19. The number of carbonyl (C=O) groups is 1. The smallest absolute Gasteiger partial charge is 0.421 e. The van der Waals surface area contributed by atoms with Crippen molar-refractivity contribution in [3.05, 3.63) is 22.3 Å². The summed E-state index contributed by atoms with van der Waals surface area (Å²) in [5, 5.41) is 0. The average Bonchev–Trinajstić information content (AvgIpc) is 2.77. The molecule has 210 valence electrons. The molecule has 0 unspecified atom stereocenters. The van der Waals surface area contributed by atoms with Crippen molar-refractivity contribution in [1.82, 2.24) is 14.8 Å². The minimum Gasteiger partial charge on any atom is -0.474 e.